The van der Waals surface area contributed by atoms with Crippen molar-refractivity contribution in [1.29, 1.82) is 0 Å². The number of aryl methyl sites for hydroxylation is 1. The number of benzene rings is 4. The number of carbonyl (C=O) groups excluding carboxylic acids is 4. The van der Waals surface area contributed by atoms with Crippen LogP contribution in [-0.2, 0) is 24.6 Å². The molecule has 2 saturated heterocycles. The van der Waals surface area contributed by atoms with Crippen LogP contribution in [0.25, 0.3) is 0 Å². The molecule has 8 rings (SSSR count). The number of fused-ring (bicyclic) bond motifs is 4. The average molecular weight is 755 g/mol. The first-order valence-corrected chi connectivity index (χ1v) is 18.1. The van der Waals surface area contributed by atoms with Crippen molar-refractivity contribution in [3.63, 3.8) is 0 Å². The Kier molecular flexibility index (Phi) is 8.87. The number of hydrogen-bond donors (Lipinski definition) is 2. The molecule has 12 heteroatoms. The maximum absolute atomic E-state index is 15.2. The van der Waals surface area contributed by atoms with Gasteiger partial charge in [-0.15, -0.1) is 0 Å². The number of ether oxygens (including phenoxy) is 1. The van der Waals surface area contributed by atoms with Crippen LogP contribution in [0.5, 0.6) is 5.75 Å². The third-order valence-corrected chi connectivity index (χ3v) is 11.9. The lowest BCUT2D eigenvalue weighted by molar-refractivity contribution is -0.138. The Balaban J connectivity index is 1.30. The van der Waals surface area contributed by atoms with Gasteiger partial charge in [0.2, 0.25) is 11.8 Å². The summed E-state index contributed by atoms with van der Waals surface area (Å²) < 4.78 is 19.5. The third-order valence-electron chi connectivity index (χ3n) is 11.2. The smallest absolute Gasteiger partial charge is 0.260 e. The summed E-state index contributed by atoms with van der Waals surface area (Å²) in [5.74, 6) is -5.49. The van der Waals surface area contributed by atoms with E-state index in [0.29, 0.717) is 38.3 Å². The van der Waals surface area contributed by atoms with Gasteiger partial charge in [0.15, 0.2) is 0 Å². The molecule has 2 heterocycles. The van der Waals surface area contributed by atoms with Crippen LogP contribution in [0.1, 0.15) is 35.4 Å². The fourth-order valence-corrected chi connectivity index (χ4v) is 9.23. The van der Waals surface area contributed by atoms with Gasteiger partial charge in [0.05, 0.1) is 41.2 Å². The van der Waals surface area contributed by atoms with Crippen LogP contribution in [0.2, 0.25) is 10.0 Å². The molecule has 4 amide bonds. The number of allylic oxidation sites excluding steroid dienone is 2. The molecule has 0 spiro atoms. The molecule has 0 radical (unpaired) electrons. The molecule has 9 nitrogen and oxygen atoms in total. The van der Waals surface area contributed by atoms with E-state index in [1.807, 2.05) is 25.1 Å². The first kappa shape index (κ1) is 35.0. The van der Waals surface area contributed by atoms with Crippen LogP contribution in [0.4, 0.5) is 15.8 Å². The zero-order valence-corrected chi connectivity index (χ0v) is 30.0. The van der Waals surface area contributed by atoms with Gasteiger partial charge in [-0.25, -0.2) is 9.29 Å². The van der Waals surface area contributed by atoms with Crippen molar-refractivity contribution < 1.29 is 33.4 Å². The predicted molar refractivity (Wildman–Crippen MR) is 197 cm³/mol. The zero-order valence-electron chi connectivity index (χ0n) is 28.5. The fourth-order valence-electron chi connectivity index (χ4n) is 8.93. The average Bonchev–Trinajstić information content (AvgIpc) is 3.54. The molecule has 0 aromatic heterocycles. The Hall–Kier alpha value is -5.03. The van der Waals surface area contributed by atoms with Gasteiger partial charge in [-0.2, -0.15) is 5.01 Å². The summed E-state index contributed by atoms with van der Waals surface area (Å²) in [6, 6.07) is 24.5. The summed E-state index contributed by atoms with van der Waals surface area (Å²) in [4.78, 5) is 59.8. The van der Waals surface area contributed by atoms with Gasteiger partial charge in [0.1, 0.15) is 18.2 Å². The van der Waals surface area contributed by atoms with Crippen LogP contribution in [0.15, 0.2) is 103 Å². The summed E-state index contributed by atoms with van der Waals surface area (Å²) >= 11 is 12.8. The van der Waals surface area contributed by atoms with Crippen LogP contribution < -0.4 is 15.1 Å². The molecule has 270 valence electrons. The number of halogens is 3. The number of rotatable bonds is 8. The van der Waals surface area contributed by atoms with Gasteiger partial charge in [-0.3, -0.25) is 24.6 Å². The van der Waals surface area contributed by atoms with E-state index in [4.69, 9.17) is 27.9 Å². The summed E-state index contributed by atoms with van der Waals surface area (Å²) in [6.07, 6.45) is 2.34. The minimum atomic E-state index is -1.51. The standard InChI is InChI=1S/C41H34Cl2FN3O6/c1-22-2-13-28(20-34(22)43)46-37(49)31-17-16-30-32(35(31)39(46)51)21-33-38(50)47(45-27-11-9-26(44)10-12-27)40(52)41(33,24-5-7-25(42)8-6-24)36(30)23-3-14-29(15-4-23)53-19-18-48/h2-16,20,31-33,35-36,45,48H,17-19,21H2,1H3. The molecule has 4 aliphatic rings. The molecule has 2 N–H and O–H groups in total. The van der Waals surface area contributed by atoms with E-state index in [-0.39, 0.29) is 37.9 Å². The number of anilines is 2. The summed E-state index contributed by atoms with van der Waals surface area (Å²) in [6.45, 7) is 1.75. The summed E-state index contributed by atoms with van der Waals surface area (Å²) in [5, 5.41) is 11.2. The second kappa shape index (κ2) is 13.4. The van der Waals surface area contributed by atoms with Gasteiger partial charge >= 0.3 is 0 Å². The highest BCUT2D eigenvalue weighted by atomic mass is 35.5. The molecule has 4 aromatic rings. The molecule has 2 aliphatic heterocycles. The highest BCUT2D eigenvalue weighted by Gasteiger charge is 2.70. The van der Waals surface area contributed by atoms with Crippen molar-refractivity contribution in [2.75, 3.05) is 23.5 Å². The van der Waals surface area contributed by atoms with Crippen molar-refractivity contribution >= 4 is 58.2 Å². The second-order valence-electron chi connectivity index (χ2n) is 14.0. The highest BCUT2D eigenvalue weighted by Crippen LogP contribution is 2.64. The molecule has 2 aliphatic carbocycles. The maximum Gasteiger partial charge on any atom is 0.260 e. The van der Waals surface area contributed by atoms with Gasteiger partial charge in [0, 0.05) is 16.0 Å². The summed E-state index contributed by atoms with van der Waals surface area (Å²) in [5.41, 5.74) is 5.01. The van der Waals surface area contributed by atoms with E-state index < -0.39 is 52.6 Å². The number of hydrogen-bond acceptors (Lipinski definition) is 7. The number of imide groups is 2. The molecule has 1 saturated carbocycles. The monoisotopic (exact) mass is 753 g/mol. The van der Waals surface area contributed by atoms with Crippen molar-refractivity contribution in [3.8, 4) is 5.75 Å². The molecule has 53 heavy (non-hydrogen) atoms. The van der Waals surface area contributed by atoms with E-state index in [2.05, 4.69) is 5.43 Å². The highest BCUT2D eigenvalue weighted by molar-refractivity contribution is 6.32. The van der Waals surface area contributed by atoms with Gasteiger partial charge < -0.3 is 9.84 Å². The summed E-state index contributed by atoms with van der Waals surface area (Å²) in [7, 11) is 0. The minimum absolute atomic E-state index is 0.0890. The largest absolute Gasteiger partial charge is 0.491 e. The Labute approximate surface area is 314 Å². The SMILES string of the molecule is Cc1ccc(N2C(=O)C3CC=C4C(CC5C(=O)N(Nc6ccc(F)cc6)C(=O)C5(c5ccc(Cl)cc5)C4c4ccc(OCCO)cc4)C3C2=O)cc1Cl. The van der Waals surface area contributed by atoms with E-state index in [0.717, 1.165) is 16.1 Å². The Bertz CT molecular complexity index is 2180. The Morgan fingerprint density at radius 1 is 0.887 bits per heavy atom. The van der Waals surface area contributed by atoms with Crippen molar-refractivity contribution in [2.45, 2.75) is 31.1 Å². The number of nitrogens with zero attached hydrogens (tertiary/aromatic N) is 2. The normalized spacial score (nSPS) is 26.3. The number of carbonyl (C=O) groups is 4. The van der Waals surface area contributed by atoms with Crippen LogP contribution >= 0.6 is 23.2 Å². The number of aliphatic hydroxyl groups excluding tert-OH is 1. The lowest BCUT2D eigenvalue weighted by atomic mass is 9.49. The van der Waals surface area contributed by atoms with E-state index >= 15 is 4.79 Å². The topological polar surface area (TPSA) is 116 Å². The van der Waals surface area contributed by atoms with E-state index in [1.54, 1.807) is 54.6 Å². The lowest BCUT2D eigenvalue weighted by Crippen LogP contribution is -2.53. The maximum atomic E-state index is 15.2. The van der Waals surface area contributed by atoms with Crippen molar-refractivity contribution in [3.05, 3.63) is 135 Å². The number of nitrogens with one attached hydrogen (secondary N) is 1. The van der Waals surface area contributed by atoms with Crippen LogP contribution in [0, 0.1) is 36.4 Å². The van der Waals surface area contributed by atoms with E-state index in [1.165, 1.54) is 29.2 Å². The molecular weight excluding hydrogens is 720 g/mol. The van der Waals surface area contributed by atoms with Crippen LogP contribution in [0.3, 0.4) is 0 Å². The van der Waals surface area contributed by atoms with Gasteiger partial charge in [0.25, 0.3) is 11.8 Å². The van der Waals surface area contributed by atoms with Crippen LogP contribution in [-0.4, -0.2) is 47.0 Å². The molecular formula is C41H34Cl2FN3O6. The molecule has 0 bridgehead atoms. The quantitative estimate of drug-likeness (QED) is 0.147. The Morgan fingerprint density at radius 2 is 1.60 bits per heavy atom. The molecule has 6 unspecified atom stereocenters. The van der Waals surface area contributed by atoms with Crippen molar-refractivity contribution in [1.82, 2.24) is 5.01 Å². The molecule has 6 atom stereocenters. The number of aliphatic hydroxyl groups is 1. The zero-order chi connectivity index (χ0) is 37.2. The fraction of sp³-hybridized carbons (Fsp3) is 0.268. The van der Waals surface area contributed by atoms with Crippen molar-refractivity contribution in [2.24, 2.45) is 23.7 Å². The Morgan fingerprint density at radius 3 is 2.28 bits per heavy atom. The predicted octanol–water partition coefficient (Wildman–Crippen LogP) is 7.00. The second-order valence-corrected chi connectivity index (χ2v) is 14.8. The first-order valence-electron chi connectivity index (χ1n) is 17.4. The number of hydrazine groups is 1. The van der Waals surface area contributed by atoms with Gasteiger partial charge in [-0.1, -0.05) is 65.2 Å². The molecule has 3 fully saturated rings. The van der Waals surface area contributed by atoms with E-state index in [9.17, 15) is 23.9 Å². The lowest BCUT2D eigenvalue weighted by Gasteiger charge is -2.50. The third kappa shape index (κ3) is 5.54. The minimum Gasteiger partial charge on any atom is -0.491 e. The van der Waals surface area contributed by atoms with Gasteiger partial charge in [-0.05, 0) is 103 Å². The first-order chi connectivity index (χ1) is 25.5. The molecule has 4 aromatic carbocycles. The number of amides is 4.